The second-order valence-corrected chi connectivity index (χ2v) is 9.01. The average molecular weight is 286 g/mol. The third-order valence-electron chi connectivity index (χ3n) is 4.66. The minimum atomic E-state index is 0.476. The molecule has 1 aliphatic carbocycles. The molecule has 1 fully saturated rings. The van der Waals surface area contributed by atoms with E-state index in [-0.39, 0.29) is 0 Å². The van der Waals surface area contributed by atoms with Crippen molar-refractivity contribution in [2.45, 2.75) is 90.2 Å². The summed E-state index contributed by atoms with van der Waals surface area (Å²) < 4.78 is 0. The van der Waals surface area contributed by atoms with Crippen LogP contribution in [0.15, 0.2) is 0 Å². The van der Waals surface area contributed by atoms with Gasteiger partial charge in [0.05, 0.1) is 0 Å². The number of nitrogens with one attached hydrogen (secondary N) is 1. The van der Waals surface area contributed by atoms with Crippen LogP contribution in [0.1, 0.15) is 73.6 Å². The predicted octanol–water partition coefficient (Wildman–Crippen LogP) is 5.10. The summed E-state index contributed by atoms with van der Waals surface area (Å²) in [5.41, 5.74) is 0.476. The Hall–Kier alpha value is 0.310. The van der Waals surface area contributed by atoms with Crippen LogP contribution < -0.4 is 5.32 Å². The van der Waals surface area contributed by atoms with Gasteiger partial charge in [-0.1, -0.05) is 41.5 Å². The standard InChI is InChI=1S/C17H35NS/c1-7-11-18-15-10-9-14(17(4,5)6)12-16(15)19-13(3)8-2/h13-16,18H,7-12H2,1-6H3. The molecule has 0 amide bonds. The maximum absolute atomic E-state index is 3.80. The predicted molar refractivity (Wildman–Crippen MR) is 90.0 cm³/mol. The number of hydrogen-bond donors (Lipinski definition) is 1. The van der Waals surface area contributed by atoms with Crippen LogP contribution >= 0.6 is 11.8 Å². The summed E-state index contributed by atoms with van der Waals surface area (Å²) in [5.74, 6) is 0.897. The van der Waals surface area contributed by atoms with Crippen LogP contribution in [-0.4, -0.2) is 23.1 Å². The highest BCUT2D eigenvalue weighted by molar-refractivity contribution is 8.00. The van der Waals surface area contributed by atoms with Gasteiger partial charge in [0.15, 0.2) is 0 Å². The molecular formula is C17H35NS. The summed E-state index contributed by atoms with van der Waals surface area (Å²) in [6.07, 6.45) is 6.72. The monoisotopic (exact) mass is 285 g/mol. The fourth-order valence-corrected chi connectivity index (χ4v) is 4.58. The molecule has 114 valence electrons. The Morgan fingerprint density at radius 1 is 1.21 bits per heavy atom. The van der Waals surface area contributed by atoms with E-state index < -0.39 is 0 Å². The van der Waals surface area contributed by atoms with Gasteiger partial charge in [-0.05, 0) is 50.0 Å². The molecule has 2 heteroatoms. The molecule has 4 unspecified atom stereocenters. The zero-order valence-electron chi connectivity index (χ0n) is 14.0. The minimum absolute atomic E-state index is 0.476. The Kier molecular flexibility index (Phi) is 7.24. The summed E-state index contributed by atoms with van der Waals surface area (Å²) in [7, 11) is 0. The second-order valence-electron chi connectivity index (χ2n) is 7.33. The lowest BCUT2D eigenvalue weighted by Gasteiger charge is -2.42. The van der Waals surface area contributed by atoms with Crippen molar-refractivity contribution < 1.29 is 0 Å². The van der Waals surface area contributed by atoms with Gasteiger partial charge in [0.25, 0.3) is 0 Å². The highest BCUT2D eigenvalue weighted by Gasteiger charge is 2.36. The van der Waals surface area contributed by atoms with Gasteiger partial charge in [0, 0.05) is 16.5 Å². The maximum atomic E-state index is 3.80. The van der Waals surface area contributed by atoms with Crippen molar-refractivity contribution in [3.05, 3.63) is 0 Å². The van der Waals surface area contributed by atoms with E-state index in [9.17, 15) is 0 Å². The van der Waals surface area contributed by atoms with E-state index in [1.807, 2.05) is 0 Å². The van der Waals surface area contributed by atoms with Crippen molar-refractivity contribution in [3.8, 4) is 0 Å². The molecular weight excluding hydrogens is 250 g/mol. The largest absolute Gasteiger partial charge is 0.313 e. The van der Waals surface area contributed by atoms with Crippen LogP contribution in [0, 0.1) is 11.3 Å². The lowest BCUT2D eigenvalue weighted by molar-refractivity contribution is 0.164. The molecule has 1 rings (SSSR count). The minimum Gasteiger partial charge on any atom is -0.313 e. The van der Waals surface area contributed by atoms with E-state index in [4.69, 9.17) is 0 Å². The van der Waals surface area contributed by atoms with Gasteiger partial charge in [-0.2, -0.15) is 11.8 Å². The molecule has 0 aromatic heterocycles. The smallest absolute Gasteiger partial charge is 0.0206 e. The Balaban J connectivity index is 2.63. The van der Waals surface area contributed by atoms with Crippen LogP contribution in [0.3, 0.4) is 0 Å². The van der Waals surface area contributed by atoms with E-state index in [0.29, 0.717) is 5.41 Å². The summed E-state index contributed by atoms with van der Waals surface area (Å²) in [6, 6.07) is 0.748. The highest BCUT2D eigenvalue weighted by Crippen LogP contribution is 2.42. The van der Waals surface area contributed by atoms with Crippen molar-refractivity contribution >= 4 is 11.8 Å². The van der Waals surface area contributed by atoms with E-state index >= 15 is 0 Å². The van der Waals surface area contributed by atoms with Gasteiger partial charge in [-0.3, -0.25) is 0 Å². The first-order chi connectivity index (χ1) is 8.88. The third-order valence-corrected chi connectivity index (χ3v) is 6.32. The second kappa shape index (κ2) is 7.93. The van der Waals surface area contributed by atoms with Gasteiger partial charge in [0.2, 0.25) is 0 Å². The number of rotatable bonds is 6. The molecule has 0 spiro atoms. The normalized spacial score (nSPS) is 30.3. The summed E-state index contributed by atoms with van der Waals surface area (Å²) >= 11 is 2.24. The molecule has 0 aromatic rings. The average Bonchev–Trinajstić information content (AvgIpc) is 2.35. The van der Waals surface area contributed by atoms with E-state index in [0.717, 1.165) is 22.5 Å². The molecule has 1 saturated carbocycles. The molecule has 1 nitrogen and oxygen atoms in total. The summed E-state index contributed by atoms with van der Waals surface area (Å²) in [6.45, 7) is 15.4. The number of thioether (sulfide) groups is 1. The molecule has 0 bridgehead atoms. The SMILES string of the molecule is CCCNC1CCC(C(C)(C)C)CC1SC(C)CC. The zero-order valence-corrected chi connectivity index (χ0v) is 14.8. The fourth-order valence-electron chi connectivity index (χ4n) is 3.02. The van der Waals surface area contributed by atoms with Crippen LogP contribution in [-0.2, 0) is 0 Å². The fraction of sp³-hybridized carbons (Fsp3) is 1.00. The van der Waals surface area contributed by atoms with E-state index in [2.05, 4.69) is 58.6 Å². The quantitative estimate of drug-likeness (QED) is 0.728. The summed E-state index contributed by atoms with van der Waals surface area (Å²) in [5, 5.41) is 5.42. The first-order valence-electron chi connectivity index (χ1n) is 8.27. The molecule has 1 N–H and O–H groups in total. The topological polar surface area (TPSA) is 12.0 Å². The Labute approximate surface area is 125 Å². The van der Waals surface area contributed by atoms with Crippen LogP contribution in [0.2, 0.25) is 0 Å². The Morgan fingerprint density at radius 3 is 2.42 bits per heavy atom. The molecule has 0 heterocycles. The Bertz CT molecular complexity index is 246. The Morgan fingerprint density at radius 2 is 1.89 bits per heavy atom. The van der Waals surface area contributed by atoms with Gasteiger partial charge in [-0.25, -0.2) is 0 Å². The molecule has 19 heavy (non-hydrogen) atoms. The molecule has 1 aliphatic rings. The van der Waals surface area contributed by atoms with Gasteiger partial charge in [-0.15, -0.1) is 0 Å². The van der Waals surface area contributed by atoms with Crippen LogP contribution in [0.5, 0.6) is 0 Å². The van der Waals surface area contributed by atoms with Crippen molar-refractivity contribution in [2.75, 3.05) is 6.54 Å². The number of hydrogen-bond acceptors (Lipinski definition) is 2. The molecule has 0 aromatic carbocycles. The summed E-state index contributed by atoms with van der Waals surface area (Å²) in [4.78, 5) is 0. The van der Waals surface area contributed by atoms with Crippen molar-refractivity contribution in [1.29, 1.82) is 0 Å². The van der Waals surface area contributed by atoms with Crippen LogP contribution in [0.25, 0.3) is 0 Å². The molecule has 0 radical (unpaired) electrons. The third kappa shape index (κ3) is 5.67. The van der Waals surface area contributed by atoms with Crippen molar-refractivity contribution in [3.63, 3.8) is 0 Å². The first-order valence-corrected chi connectivity index (χ1v) is 9.21. The van der Waals surface area contributed by atoms with Gasteiger partial charge in [0.1, 0.15) is 0 Å². The van der Waals surface area contributed by atoms with Gasteiger partial charge >= 0.3 is 0 Å². The van der Waals surface area contributed by atoms with Gasteiger partial charge < -0.3 is 5.32 Å². The highest BCUT2D eigenvalue weighted by atomic mass is 32.2. The molecule has 4 atom stereocenters. The lowest BCUT2D eigenvalue weighted by Crippen LogP contribution is -2.45. The zero-order chi connectivity index (χ0) is 14.5. The van der Waals surface area contributed by atoms with E-state index in [1.165, 1.54) is 38.6 Å². The molecule has 0 saturated heterocycles. The first kappa shape index (κ1) is 17.4. The molecule has 0 aliphatic heterocycles. The van der Waals surface area contributed by atoms with Crippen molar-refractivity contribution in [2.24, 2.45) is 11.3 Å². The maximum Gasteiger partial charge on any atom is 0.0206 e. The van der Waals surface area contributed by atoms with E-state index in [1.54, 1.807) is 0 Å². The lowest BCUT2D eigenvalue weighted by atomic mass is 9.71. The van der Waals surface area contributed by atoms with Crippen molar-refractivity contribution in [1.82, 2.24) is 5.32 Å². The van der Waals surface area contributed by atoms with Crippen LogP contribution in [0.4, 0.5) is 0 Å².